The van der Waals surface area contributed by atoms with E-state index in [1.54, 1.807) is 11.3 Å². The van der Waals surface area contributed by atoms with Crippen LogP contribution < -0.4 is 5.32 Å². The molecule has 1 atom stereocenters. The van der Waals surface area contributed by atoms with Gasteiger partial charge in [-0.3, -0.25) is 4.79 Å². The molecule has 7 heteroatoms. The van der Waals surface area contributed by atoms with Crippen LogP contribution in [0.3, 0.4) is 0 Å². The van der Waals surface area contributed by atoms with Crippen molar-refractivity contribution in [3.63, 3.8) is 0 Å². The van der Waals surface area contributed by atoms with Crippen LogP contribution in [-0.2, 0) is 16.1 Å². The second kappa shape index (κ2) is 10.1. The van der Waals surface area contributed by atoms with Gasteiger partial charge >= 0.3 is 12.0 Å². The second-order valence-electron chi connectivity index (χ2n) is 9.13. The molecule has 6 nitrogen and oxygen atoms in total. The first-order chi connectivity index (χ1) is 16.7. The third-order valence-corrected chi connectivity index (χ3v) is 7.97. The molecule has 178 valence electrons. The molecule has 0 bridgehead atoms. The molecule has 1 saturated carbocycles. The van der Waals surface area contributed by atoms with Crippen LogP contribution in [-0.4, -0.2) is 34.6 Å². The Kier molecular flexibility index (Phi) is 6.72. The minimum atomic E-state index is -0.151. The molecule has 2 amide bonds. The molecule has 0 saturated heterocycles. The summed E-state index contributed by atoms with van der Waals surface area (Å²) in [5.74, 6) is 0.318. The number of nitrogens with one attached hydrogen (secondary N) is 1. The number of thiophene rings is 1. The predicted octanol–water partition coefficient (Wildman–Crippen LogP) is 5.52. The van der Waals surface area contributed by atoms with Crippen LogP contribution >= 0.6 is 11.3 Å². The Labute approximate surface area is 204 Å². The molecule has 1 fully saturated rings. The van der Waals surface area contributed by atoms with Crippen LogP contribution in [0.15, 0.2) is 60.1 Å². The zero-order chi connectivity index (χ0) is 23.5. The Hall–Kier alpha value is -3.06. The maximum absolute atomic E-state index is 13.6. The SMILES string of the molecule is CCOC(=O)C1CCC(CNC(=O)N2Cc3ccccc3-n3cccc3[C@@H]2c2cccs2)CC1. The average molecular weight is 478 g/mol. The van der Waals surface area contributed by atoms with E-state index in [2.05, 4.69) is 51.8 Å². The molecule has 0 unspecified atom stereocenters. The molecule has 34 heavy (non-hydrogen) atoms. The van der Waals surface area contributed by atoms with Crippen molar-refractivity contribution in [2.45, 2.75) is 45.2 Å². The van der Waals surface area contributed by atoms with Crippen LogP contribution in [0.1, 0.15) is 54.8 Å². The number of aromatic nitrogens is 1. The Morgan fingerprint density at radius 3 is 2.65 bits per heavy atom. The molecular weight excluding hydrogens is 446 g/mol. The molecule has 5 rings (SSSR count). The molecule has 2 aromatic heterocycles. The van der Waals surface area contributed by atoms with Gasteiger partial charge in [0.05, 0.1) is 30.5 Å². The van der Waals surface area contributed by atoms with Crippen LogP contribution in [0.2, 0.25) is 0 Å². The van der Waals surface area contributed by atoms with Gasteiger partial charge in [-0.1, -0.05) is 24.3 Å². The number of amides is 2. The van der Waals surface area contributed by atoms with Gasteiger partial charge in [0.25, 0.3) is 0 Å². The number of fused-ring (bicyclic) bond motifs is 3. The van der Waals surface area contributed by atoms with E-state index in [1.165, 1.54) is 0 Å². The van der Waals surface area contributed by atoms with Gasteiger partial charge in [-0.15, -0.1) is 11.3 Å². The van der Waals surface area contributed by atoms with E-state index in [-0.39, 0.29) is 24.0 Å². The normalized spacial score (nSPS) is 21.8. The third kappa shape index (κ3) is 4.49. The zero-order valence-electron chi connectivity index (χ0n) is 19.5. The highest BCUT2D eigenvalue weighted by Gasteiger charge is 2.34. The third-order valence-electron chi connectivity index (χ3n) is 7.05. The van der Waals surface area contributed by atoms with E-state index in [4.69, 9.17) is 4.74 Å². The maximum atomic E-state index is 13.6. The monoisotopic (exact) mass is 477 g/mol. The second-order valence-corrected chi connectivity index (χ2v) is 10.1. The highest BCUT2D eigenvalue weighted by Crippen LogP contribution is 2.38. The Morgan fingerprint density at radius 2 is 1.88 bits per heavy atom. The first-order valence-corrected chi connectivity index (χ1v) is 13.0. The van der Waals surface area contributed by atoms with Crippen LogP contribution in [0.5, 0.6) is 0 Å². The summed E-state index contributed by atoms with van der Waals surface area (Å²) in [4.78, 5) is 28.8. The molecule has 1 aromatic carbocycles. The Morgan fingerprint density at radius 1 is 1.06 bits per heavy atom. The van der Waals surface area contributed by atoms with Crippen LogP contribution in [0.25, 0.3) is 5.69 Å². The number of hydrogen-bond donors (Lipinski definition) is 1. The van der Waals surface area contributed by atoms with Crippen molar-refractivity contribution in [3.05, 3.63) is 76.2 Å². The zero-order valence-corrected chi connectivity index (χ0v) is 20.3. The standard InChI is InChI=1S/C27H31N3O3S/c1-2-33-26(31)20-13-11-19(12-14-20)17-28-27(32)30-18-21-7-3-4-8-22(21)29-15-5-9-23(29)25(30)24-10-6-16-34-24/h3-10,15-16,19-20,25H,2,11-14,17-18H2,1H3,(H,28,32)/t19?,20?,25-/m1/s1. The quantitative estimate of drug-likeness (QED) is 0.492. The smallest absolute Gasteiger partial charge is 0.318 e. The van der Waals surface area contributed by atoms with Crippen molar-refractivity contribution >= 4 is 23.3 Å². The minimum absolute atomic E-state index is 0.00464. The number of benzene rings is 1. The summed E-state index contributed by atoms with van der Waals surface area (Å²) >= 11 is 1.68. The van der Waals surface area contributed by atoms with E-state index in [9.17, 15) is 9.59 Å². The lowest BCUT2D eigenvalue weighted by Gasteiger charge is -2.32. The van der Waals surface area contributed by atoms with Crippen molar-refractivity contribution in [2.24, 2.45) is 11.8 Å². The Bertz CT molecular complexity index is 1130. The number of ether oxygens (including phenoxy) is 1. The summed E-state index contributed by atoms with van der Waals surface area (Å²) in [6.45, 7) is 3.45. The fourth-order valence-corrected chi connectivity index (χ4v) is 6.13. The van der Waals surface area contributed by atoms with Crippen molar-refractivity contribution in [1.29, 1.82) is 0 Å². The number of carbonyl (C=O) groups is 2. The van der Waals surface area contributed by atoms with E-state index in [1.807, 2.05) is 30.0 Å². The number of hydrogen-bond acceptors (Lipinski definition) is 4. The van der Waals surface area contributed by atoms with E-state index in [0.29, 0.717) is 25.6 Å². The van der Waals surface area contributed by atoms with E-state index < -0.39 is 0 Å². The number of urea groups is 1. The number of para-hydroxylation sites is 1. The number of carbonyl (C=O) groups excluding carboxylic acids is 2. The summed E-state index contributed by atoms with van der Waals surface area (Å²) in [6.07, 6.45) is 5.62. The van der Waals surface area contributed by atoms with Gasteiger partial charge in [0.2, 0.25) is 0 Å². The molecule has 0 radical (unpaired) electrons. The van der Waals surface area contributed by atoms with Gasteiger partial charge < -0.3 is 19.5 Å². The van der Waals surface area contributed by atoms with Crippen LogP contribution in [0, 0.1) is 11.8 Å². The fraction of sp³-hybridized carbons (Fsp3) is 0.407. The van der Waals surface area contributed by atoms with Gasteiger partial charge in [0.15, 0.2) is 0 Å². The molecule has 3 aromatic rings. The predicted molar refractivity (Wildman–Crippen MR) is 133 cm³/mol. The topological polar surface area (TPSA) is 63.6 Å². The van der Waals surface area contributed by atoms with Crippen molar-refractivity contribution in [1.82, 2.24) is 14.8 Å². The highest BCUT2D eigenvalue weighted by molar-refractivity contribution is 7.10. The average Bonchev–Trinajstić information content (AvgIpc) is 3.54. The van der Waals surface area contributed by atoms with Gasteiger partial charge in [-0.2, -0.15) is 0 Å². The van der Waals surface area contributed by atoms with Gasteiger partial charge in [-0.05, 0) is 73.7 Å². The lowest BCUT2D eigenvalue weighted by molar-refractivity contribution is -0.149. The largest absolute Gasteiger partial charge is 0.466 e. The van der Waals surface area contributed by atoms with Crippen molar-refractivity contribution in [3.8, 4) is 5.69 Å². The van der Waals surface area contributed by atoms with Crippen molar-refractivity contribution < 1.29 is 14.3 Å². The molecule has 0 spiro atoms. The molecule has 1 N–H and O–H groups in total. The van der Waals surface area contributed by atoms with Gasteiger partial charge in [0, 0.05) is 17.6 Å². The summed E-state index contributed by atoms with van der Waals surface area (Å²) in [7, 11) is 0. The summed E-state index contributed by atoms with van der Waals surface area (Å²) in [5.41, 5.74) is 3.35. The highest BCUT2D eigenvalue weighted by atomic mass is 32.1. The van der Waals surface area contributed by atoms with E-state index >= 15 is 0 Å². The van der Waals surface area contributed by atoms with Crippen LogP contribution in [0.4, 0.5) is 4.79 Å². The molecule has 1 aliphatic carbocycles. The lowest BCUT2D eigenvalue weighted by atomic mass is 9.82. The van der Waals surface area contributed by atoms with Crippen molar-refractivity contribution in [2.75, 3.05) is 13.2 Å². The lowest BCUT2D eigenvalue weighted by Crippen LogP contribution is -2.43. The summed E-state index contributed by atoms with van der Waals surface area (Å²) in [6, 6.07) is 16.4. The molecule has 2 aliphatic rings. The first-order valence-electron chi connectivity index (χ1n) is 12.2. The molecule has 1 aliphatic heterocycles. The molecule has 3 heterocycles. The maximum Gasteiger partial charge on any atom is 0.318 e. The van der Waals surface area contributed by atoms with E-state index in [0.717, 1.165) is 47.5 Å². The number of nitrogens with zero attached hydrogens (tertiary/aromatic N) is 2. The summed E-state index contributed by atoms with van der Waals surface area (Å²) in [5, 5.41) is 5.30. The fourth-order valence-electron chi connectivity index (χ4n) is 5.28. The Balaban J connectivity index is 1.33. The van der Waals surface area contributed by atoms with Gasteiger partial charge in [0.1, 0.15) is 6.04 Å². The summed E-state index contributed by atoms with van der Waals surface area (Å²) < 4.78 is 7.40. The molecular formula is C27H31N3O3S. The van der Waals surface area contributed by atoms with Gasteiger partial charge in [-0.25, -0.2) is 4.79 Å². The number of esters is 1. The number of rotatable bonds is 5. The first kappa shape index (κ1) is 22.7. The minimum Gasteiger partial charge on any atom is -0.466 e.